The lowest BCUT2D eigenvalue weighted by Crippen LogP contribution is -2.12. The standard InChI is InChI=1S/C22H21N3O/c26-20-5-3-4-19(12-20)14-23-13-17-8-10-18(11-9-17)15-25-16-24-21-6-1-2-7-22(21)25/h1-12,16,23,26H,13-15H2. The van der Waals surface area contributed by atoms with Crippen molar-refractivity contribution in [2.45, 2.75) is 19.6 Å². The summed E-state index contributed by atoms with van der Waals surface area (Å²) in [5, 5.41) is 12.9. The first-order valence-electron chi connectivity index (χ1n) is 8.74. The number of aromatic hydroxyl groups is 1. The van der Waals surface area contributed by atoms with Crippen LogP contribution in [0.3, 0.4) is 0 Å². The van der Waals surface area contributed by atoms with E-state index in [2.05, 4.69) is 45.2 Å². The lowest BCUT2D eigenvalue weighted by molar-refractivity contribution is 0.474. The molecule has 26 heavy (non-hydrogen) atoms. The van der Waals surface area contributed by atoms with E-state index in [-0.39, 0.29) is 0 Å². The Kier molecular flexibility index (Phi) is 4.67. The lowest BCUT2D eigenvalue weighted by Gasteiger charge is -2.08. The maximum atomic E-state index is 9.50. The molecule has 0 fully saturated rings. The minimum Gasteiger partial charge on any atom is -0.508 e. The maximum absolute atomic E-state index is 9.50. The van der Waals surface area contributed by atoms with E-state index in [1.54, 1.807) is 12.1 Å². The minimum atomic E-state index is 0.306. The van der Waals surface area contributed by atoms with Crippen molar-refractivity contribution in [1.29, 1.82) is 0 Å². The summed E-state index contributed by atoms with van der Waals surface area (Å²) in [5.74, 6) is 0.306. The Morgan fingerprint density at radius 3 is 2.42 bits per heavy atom. The molecule has 130 valence electrons. The Balaban J connectivity index is 1.36. The molecular weight excluding hydrogens is 322 g/mol. The van der Waals surface area contributed by atoms with Crippen LogP contribution in [0.25, 0.3) is 11.0 Å². The van der Waals surface area contributed by atoms with Crippen LogP contribution >= 0.6 is 0 Å². The van der Waals surface area contributed by atoms with Crippen LogP contribution in [0.2, 0.25) is 0 Å². The first-order valence-corrected chi connectivity index (χ1v) is 8.74. The summed E-state index contributed by atoms with van der Waals surface area (Å²) in [4.78, 5) is 4.44. The van der Waals surface area contributed by atoms with Crippen molar-refractivity contribution in [3.05, 3.63) is 95.8 Å². The van der Waals surface area contributed by atoms with E-state index in [1.165, 1.54) is 11.1 Å². The number of aromatic nitrogens is 2. The molecule has 0 aliphatic rings. The number of para-hydroxylation sites is 2. The number of phenols is 1. The molecule has 0 radical (unpaired) electrons. The Morgan fingerprint density at radius 2 is 1.58 bits per heavy atom. The number of hydrogen-bond acceptors (Lipinski definition) is 3. The molecule has 4 aromatic rings. The molecule has 3 aromatic carbocycles. The predicted molar refractivity (Wildman–Crippen MR) is 104 cm³/mol. The number of fused-ring (bicyclic) bond motifs is 1. The van der Waals surface area contributed by atoms with Gasteiger partial charge < -0.3 is 15.0 Å². The number of rotatable bonds is 6. The highest BCUT2D eigenvalue weighted by atomic mass is 16.3. The molecule has 0 unspecified atom stereocenters. The first kappa shape index (κ1) is 16.4. The molecule has 0 amide bonds. The van der Waals surface area contributed by atoms with Gasteiger partial charge in [0.2, 0.25) is 0 Å². The Bertz CT molecular complexity index is 1010. The zero-order valence-corrected chi connectivity index (χ0v) is 14.5. The van der Waals surface area contributed by atoms with Crippen molar-refractivity contribution < 1.29 is 5.11 Å². The number of nitrogens with one attached hydrogen (secondary N) is 1. The molecule has 0 saturated carbocycles. The van der Waals surface area contributed by atoms with Gasteiger partial charge >= 0.3 is 0 Å². The van der Waals surface area contributed by atoms with E-state index < -0.39 is 0 Å². The molecule has 0 bridgehead atoms. The van der Waals surface area contributed by atoms with Crippen LogP contribution in [-0.4, -0.2) is 14.7 Å². The zero-order chi connectivity index (χ0) is 17.8. The number of nitrogens with zero attached hydrogens (tertiary/aromatic N) is 2. The van der Waals surface area contributed by atoms with Crippen LogP contribution in [0.1, 0.15) is 16.7 Å². The van der Waals surface area contributed by atoms with Gasteiger partial charge in [0.25, 0.3) is 0 Å². The van der Waals surface area contributed by atoms with Gasteiger partial charge in [0.15, 0.2) is 0 Å². The van der Waals surface area contributed by atoms with E-state index in [0.29, 0.717) is 5.75 Å². The van der Waals surface area contributed by atoms with Crippen LogP contribution in [0.4, 0.5) is 0 Å². The Hall–Kier alpha value is -3.11. The average Bonchev–Trinajstić information content (AvgIpc) is 3.06. The van der Waals surface area contributed by atoms with Crippen LogP contribution in [0.5, 0.6) is 5.75 Å². The molecule has 0 aliphatic carbocycles. The SMILES string of the molecule is Oc1cccc(CNCc2ccc(Cn3cnc4ccccc43)cc2)c1. The second-order valence-electron chi connectivity index (χ2n) is 6.45. The van der Waals surface area contributed by atoms with Crippen molar-refractivity contribution in [1.82, 2.24) is 14.9 Å². The fourth-order valence-electron chi connectivity index (χ4n) is 3.11. The third kappa shape index (κ3) is 3.76. The summed E-state index contributed by atoms with van der Waals surface area (Å²) in [6.45, 7) is 2.35. The normalized spacial score (nSPS) is 11.1. The molecule has 4 nitrogen and oxygen atoms in total. The third-order valence-corrected chi connectivity index (χ3v) is 4.47. The smallest absolute Gasteiger partial charge is 0.115 e. The average molecular weight is 343 g/mol. The van der Waals surface area contributed by atoms with Gasteiger partial charge in [-0.15, -0.1) is 0 Å². The third-order valence-electron chi connectivity index (χ3n) is 4.47. The molecule has 0 spiro atoms. The predicted octanol–water partition coefficient (Wildman–Crippen LogP) is 4.08. The number of phenolic OH excluding ortho intramolecular Hbond substituents is 1. The Labute approximate surface area is 152 Å². The summed E-state index contributed by atoms with van der Waals surface area (Å²) in [5.41, 5.74) is 5.76. The van der Waals surface area contributed by atoms with Crippen molar-refractivity contribution in [2.75, 3.05) is 0 Å². The highest BCUT2D eigenvalue weighted by molar-refractivity contribution is 5.75. The van der Waals surface area contributed by atoms with Crippen molar-refractivity contribution in [2.24, 2.45) is 0 Å². The molecule has 0 saturated heterocycles. The zero-order valence-electron chi connectivity index (χ0n) is 14.5. The molecular formula is C22H21N3O. The van der Waals surface area contributed by atoms with Crippen LogP contribution in [0, 0.1) is 0 Å². The van der Waals surface area contributed by atoms with E-state index in [9.17, 15) is 5.11 Å². The van der Waals surface area contributed by atoms with Gasteiger partial charge in [0.1, 0.15) is 5.75 Å². The molecule has 4 heteroatoms. The summed E-state index contributed by atoms with van der Waals surface area (Å²) in [7, 11) is 0. The van der Waals surface area contributed by atoms with Crippen LogP contribution in [-0.2, 0) is 19.6 Å². The summed E-state index contributed by atoms with van der Waals surface area (Å²) >= 11 is 0. The summed E-state index contributed by atoms with van der Waals surface area (Å²) < 4.78 is 2.17. The summed E-state index contributed by atoms with van der Waals surface area (Å²) in [6.07, 6.45) is 1.90. The van der Waals surface area contributed by atoms with Gasteiger partial charge in [-0.05, 0) is 41.0 Å². The monoisotopic (exact) mass is 343 g/mol. The lowest BCUT2D eigenvalue weighted by atomic mass is 10.1. The fourth-order valence-corrected chi connectivity index (χ4v) is 3.11. The molecule has 1 aromatic heterocycles. The van der Waals surface area contributed by atoms with Crippen LogP contribution < -0.4 is 5.32 Å². The van der Waals surface area contributed by atoms with Gasteiger partial charge in [0.05, 0.1) is 17.4 Å². The second kappa shape index (κ2) is 7.42. The van der Waals surface area contributed by atoms with E-state index in [0.717, 1.165) is 36.2 Å². The molecule has 2 N–H and O–H groups in total. The number of hydrogen-bond donors (Lipinski definition) is 2. The van der Waals surface area contributed by atoms with Crippen LogP contribution in [0.15, 0.2) is 79.1 Å². The van der Waals surface area contributed by atoms with Crippen molar-refractivity contribution >= 4 is 11.0 Å². The number of imidazole rings is 1. The fraction of sp³-hybridized carbons (Fsp3) is 0.136. The van der Waals surface area contributed by atoms with Crippen molar-refractivity contribution in [3.63, 3.8) is 0 Å². The molecule has 0 aliphatic heterocycles. The maximum Gasteiger partial charge on any atom is 0.115 e. The van der Waals surface area contributed by atoms with Crippen molar-refractivity contribution in [3.8, 4) is 5.75 Å². The minimum absolute atomic E-state index is 0.306. The number of benzene rings is 3. The first-order chi connectivity index (χ1) is 12.8. The van der Waals surface area contributed by atoms with Gasteiger partial charge in [-0.3, -0.25) is 0 Å². The molecule has 0 atom stereocenters. The quantitative estimate of drug-likeness (QED) is 0.555. The van der Waals surface area contributed by atoms with Gasteiger partial charge in [-0.25, -0.2) is 4.98 Å². The van der Waals surface area contributed by atoms with Gasteiger partial charge in [-0.2, -0.15) is 0 Å². The van der Waals surface area contributed by atoms with Gasteiger partial charge in [-0.1, -0.05) is 48.5 Å². The largest absolute Gasteiger partial charge is 0.508 e. The highest BCUT2D eigenvalue weighted by Crippen LogP contribution is 2.15. The van der Waals surface area contributed by atoms with E-state index in [1.807, 2.05) is 36.7 Å². The van der Waals surface area contributed by atoms with E-state index in [4.69, 9.17) is 0 Å². The Morgan fingerprint density at radius 1 is 0.808 bits per heavy atom. The highest BCUT2D eigenvalue weighted by Gasteiger charge is 2.03. The molecule has 1 heterocycles. The molecule has 4 rings (SSSR count). The second-order valence-corrected chi connectivity index (χ2v) is 6.45. The van der Waals surface area contributed by atoms with Gasteiger partial charge in [0, 0.05) is 19.6 Å². The topological polar surface area (TPSA) is 50.1 Å². The van der Waals surface area contributed by atoms with E-state index >= 15 is 0 Å². The summed E-state index contributed by atoms with van der Waals surface area (Å²) in [6, 6.07) is 24.2.